The van der Waals surface area contributed by atoms with Crippen LogP contribution < -0.4 is 10.1 Å². The maximum atomic E-state index is 12.2. The molecule has 2 amide bonds. The van der Waals surface area contributed by atoms with Crippen LogP contribution in [-0.4, -0.2) is 75.1 Å². The zero-order valence-electron chi connectivity index (χ0n) is 28.4. The molecule has 0 bridgehead atoms. The molecule has 0 atom stereocenters. The molecule has 0 radical (unpaired) electrons. The number of nitrogens with one attached hydrogen (secondary N) is 1. The number of aromatic nitrogens is 5. The summed E-state index contributed by atoms with van der Waals surface area (Å²) in [5, 5.41) is 22.8. The van der Waals surface area contributed by atoms with Crippen molar-refractivity contribution in [3.63, 3.8) is 0 Å². The number of hydrogen-bond acceptors (Lipinski definition) is 9. The average molecular weight is 754 g/mol. The number of benzene rings is 2. The molecule has 2 aromatic heterocycles. The van der Waals surface area contributed by atoms with Gasteiger partial charge in [-0.05, 0) is 94.0 Å². The molecule has 1 fully saturated rings. The number of hydrogen-bond donors (Lipinski definition) is 2. The zero-order valence-corrected chi connectivity index (χ0v) is 30.7. The van der Waals surface area contributed by atoms with Gasteiger partial charge in [-0.1, -0.05) is 35.4 Å². The maximum Gasteiger partial charge on any atom is 0.410 e. The minimum atomic E-state index is -0.994. The third-order valence-electron chi connectivity index (χ3n) is 8.57. The number of amides is 2. The second-order valence-corrected chi connectivity index (χ2v) is 14.9. The molecule has 4 heterocycles. The Morgan fingerprint density at radius 3 is 2.31 bits per heavy atom. The summed E-state index contributed by atoms with van der Waals surface area (Å²) in [7, 11) is 0. The lowest BCUT2D eigenvalue weighted by molar-refractivity contribution is 0.0266. The SMILES string of the molecule is CC(C)(C)OC(=O)N1CC(=S)Nc2ccc(Cl)cc2C1.O=C(O)N1Cc2cc(Cl)ccc2-n2c(nnc2C2CCC(Oc3ccncn3)CC2)C1. The van der Waals surface area contributed by atoms with E-state index < -0.39 is 11.7 Å². The van der Waals surface area contributed by atoms with Gasteiger partial charge < -0.3 is 19.9 Å². The summed E-state index contributed by atoms with van der Waals surface area (Å²) < 4.78 is 13.4. The van der Waals surface area contributed by atoms with E-state index in [-0.39, 0.29) is 31.2 Å². The number of anilines is 1. The molecule has 0 saturated heterocycles. The van der Waals surface area contributed by atoms with Crippen LogP contribution in [0.2, 0.25) is 10.0 Å². The Morgan fingerprint density at radius 1 is 0.922 bits per heavy atom. The predicted molar refractivity (Wildman–Crippen MR) is 196 cm³/mol. The van der Waals surface area contributed by atoms with E-state index in [1.54, 1.807) is 23.2 Å². The smallest absolute Gasteiger partial charge is 0.410 e. The van der Waals surface area contributed by atoms with E-state index >= 15 is 0 Å². The van der Waals surface area contributed by atoms with E-state index in [9.17, 15) is 14.7 Å². The van der Waals surface area contributed by atoms with Crippen LogP contribution in [0.5, 0.6) is 5.88 Å². The van der Waals surface area contributed by atoms with Crippen LogP contribution >= 0.6 is 35.4 Å². The maximum absolute atomic E-state index is 12.2. The molecule has 1 saturated carbocycles. The first-order chi connectivity index (χ1) is 24.3. The van der Waals surface area contributed by atoms with Crippen LogP contribution in [0.25, 0.3) is 5.69 Å². The van der Waals surface area contributed by atoms with Crippen LogP contribution in [0, 0.1) is 0 Å². The summed E-state index contributed by atoms with van der Waals surface area (Å²) in [6, 6.07) is 12.8. The van der Waals surface area contributed by atoms with Gasteiger partial charge in [-0.15, -0.1) is 10.2 Å². The molecule has 16 heteroatoms. The van der Waals surface area contributed by atoms with Gasteiger partial charge in [0.05, 0.1) is 36.9 Å². The number of carbonyl (C=O) groups excluding carboxylic acids is 1. The lowest BCUT2D eigenvalue weighted by Crippen LogP contribution is -2.38. The van der Waals surface area contributed by atoms with Crippen molar-refractivity contribution >= 4 is 58.3 Å². The highest BCUT2D eigenvalue weighted by atomic mass is 35.5. The number of halogens is 2. The summed E-state index contributed by atoms with van der Waals surface area (Å²) in [6.07, 6.45) is 5.45. The Bertz CT molecular complexity index is 1910. The number of carbonyl (C=O) groups is 2. The summed E-state index contributed by atoms with van der Waals surface area (Å²) in [6.45, 7) is 6.70. The lowest BCUT2D eigenvalue weighted by Gasteiger charge is -2.28. The summed E-state index contributed by atoms with van der Waals surface area (Å²) in [5.74, 6) is 2.30. The first-order valence-corrected chi connectivity index (χ1v) is 17.7. The van der Waals surface area contributed by atoms with Crippen molar-refractivity contribution < 1.29 is 24.2 Å². The van der Waals surface area contributed by atoms with Gasteiger partial charge in [-0.2, -0.15) is 0 Å². The van der Waals surface area contributed by atoms with E-state index in [0.717, 1.165) is 54.0 Å². The van der Waals surface area contributed by atoms with E-state index in [0.29, 0.717) is 39.8 Å². The number of rotatable bonds is 3. The zero-order chi connectivity index (χ0) is 36.3. The quantitative estimate of drug-likeness (QED) is 0.199. The standard InChI is InChI=1S/C21H21ClN6O3.C14H17ClN2O2S/c22-15-3-6-17-14(9-15)10-27(21(29)30)11-18-25-26-20(28(17)18)13-1-4-16(5-2-13)31-19-7-8-23-12-24-19;1-14(2,3)19-13(18)17-7-9-6-10(15)4-5-11(9)16-12(20)8-17/h3,6-9,12-13,16H,1-2,4-5,10-11H2,(H,29,30);4-6H,7-8H2,1-3H3,(H,16,20). The molecule has 51 heavy (non-hydrogen) atoms. The van der Waals surface area contributed by atoms with Gasteiger partial charge >= 0.3 is 12.2 Å². The third-order valence-corrected chi connectivity index (χ3v) is 9.27. The Labute approximate surface area is 310 Å². The second kappa shape index (κ2) is 15.4. The topological polar surface area (TPSA) is 148 Å². The first-order valence-electron chi connectivity index (χ1n) is 16.5. The molecule has 2 N–H and O–H groups in total. The van der Waals surface area contributed by atoms with Crippen LogP contribution in [-0.2, 0) is 24.4 Å². The van der Waals surface area contributed by atoms with Gasteiger partial charge in [0.2, 0.25) is 5.88 Å². The van der Waals surface area contributed by atoms with Gasteiger partial charge in [0.25, 0.3) is 0 Å². The van der Waals surface area contributed by atoms with Crippen LogP contribution in [0.3, 0.4) is 0 Å². The minimum Gasteiger partial charge on any atom is -0.474 e. The molecule has 7 rings (SSSR count). The first kappa shape index (κ1) is 36.3. The van der Waals surface area contributed by atoms with Crippen molar-refractivity contribution in [3.05, 3.63) is 87.8 Å². The van der Waals surface area contributed by atoms with Crippen molar-refractivity contribution in [2.45, 2.75) is 83.7 Å². The van der Waals surface area contributed by atoms with Crippen molar-refractivity contribution in [1.29, 1.82) is 0 Å². The molecule has 3 aliphatic rings. The lowest BCUT2D eigenvalue weighted by atomic mass is 9.86. The molecule has 2 aromatic carbocycles. The molecule has 0 spiro atoms. The molecule has 2 aliphatic heterocycles. The molecule has 0 unspecified atom stereocenters. The van der Waals surface area contributed by atoms with E-state index in [2.05, 4.69) is 25.5 Å². The highest BCUT2D eigenvalue weighted by Crippen LogP contribution is 2.37. The molecule has 13 nitrogen and oxygen atoms in total. The molecule has 4 aromatic rings. The number of carboxylic acid groups (broad SMARTS) is 1. The van der Waals surface area contributed by atoms with Gasteiger partial charge in [0.1, 0.15) is 23.9 Å². The molecular formula is C35H38Cl2N8O5S. The van der Waals surface area contributed by atoms with E-state index in [4.69, 9.17) is 44.9 Å². The van der Waals surface area contributed by atoms with Crippen LogP contribution in [0.1, 0.15) is 75.1 Å². The second-order valence-electron chi connectivity index (χ2n) is 13.5. The van der Waals surface area contributed by atoms with Crippen molar-refractivity contribution in [2.75, 3.05) is 11.9 Å². The monoisotopic (exact) mass is 752 g/mol. The number of fused-ring (bicyclic) bond motifs is 4. The van der Waals surface area contributed by atoms with Crippen LogP contribution in [0.4, 0.5) is 15.3 Å². The van der Waals surface area contributed by atoms with Crippen LogP contribution in [0.15, 0.2) is 55.0 Å². The highest BCUT2D eigenvalue weighted by molar-refractivity contribution is 7.80. The normalized spacial score (nSPS) is 18.4. The molecule has 268 valence electrons. The third kappa shape index (κ3) is 9.04. The fraction of sp³-hybridized carbons (Fsp3) is 0.400. The fourth-order valence-electron chi connectivity index (χ4n) is 6.28. The number of nitrogens with zero attached hydrogens (tertiary/aromatic N) is 7. The number of thiocarbonyl (C=S) groups is 1. The highest BCUT2D eigenvalue weighted by Gasteiger charge is 2.32. The van der Waals surface area contributed by atoms with Gasteiger partial charge in [-0.25, -0.2) is 19.6 Å². The summed E-state index contributed by atoms with van der Waals surface area (Å²) >= 11 is 17.5. The Morgan fingerprint density at radius 2 is 1.63 bits per heavy atom. The number of ether oxygens (including phenoxy) is 2. The Balaban J connectivity index is 0.000000194. The van der Waals surface area contributed by atoms with Crippen molar-refractivity contribution in [2.24, 2.45) is 0 Å². The predicted octanol–water partition coefficient (Wildman–Crippen LogP) is 7.64. The van der Waals surface area contributed by atoms with Gasteiger partial charge in [0, 0.05) is 33.9 Å². The summed E-state index contributed by atoms with van der Waals surface area (Å²) in [5.41, 5.74) is 3.00. The van der Waals surface area contributed by atoms with E-state index in [1.165, 1.54) is 11.2 Å². The summed E-state index contributed by atoms with van der Waals surface area (Å²) in [4.78, 5) is 35.4. The average Bonchev–Trinajstić information content (AvgIpc) is 3.31. The molecular weight excluding hydrogens is 715 g/mol. The molecule has 1 aliphatic carbocycles. The fourth-order valence-corrected chi connectivity index (χ4v) is 6.93. The Hall–Kier alpha value is -4.53. The van der Waals surface area contributed by atoms with Gasteiger partial charge in [0.15, 0.2) is 5.82 Å². The minimum absolute atomic E-state index is 0.103. The van der Waals surface area contributed by atoms with Gasteiger partial charge in [-0.3, -0.25) is 14.4 Å². The van der Waals surface area contributed by atoms with Crippen molar-refractivity contribution in [3.8, 4) is 11.6 Å². The van der Waals surface area contributed by atoms with E-state index in [1.807, 2.05) is 55.7 Å². The largest absolute Gasteiger partial charge is 0.474 e. The van der Waals surface area contributed by atoms with Crippen molar-refractivity contribution in [1.82, 2.24) is 34.5 Å². The Kier molecular flexibility index (Phi) is 10.9.